The molecule has 178 valence electrons. The highest BCUT2D eigenvalue weighted by Crippen LogP contribution is 2.35. The zero-order valence-corrected chi connectivity index (χ0v) is 20.5. The first kappa shape index (κ1) is 25.0. The third-order valence-corrected chi connectivity index (χ3v) is 7.65. The fourth-order valence-electron chi connectivity index (χ4n) is 3.95. The molecule has 0 aromatic carbocycles. The van der Waals surface area contributed by atoms with Crippen LogP contribution in [0.4, 0.5) is 5.00 Å². The number of hydrogen-bond acceptors (Lipinski definition) is 8. The monoisotopic (exact) mass is 491 g/mol. The van der Waals surface area contributed by atoms with Crippen molar-refractivity contribution in [2.45, 2.75) is 63.6 Å². The molecule has 1 aliphatic rings. The molecule has 1 saturated carbocycles. The van der Waals surface area contributed by atoms with E-state index in [1.807, 2.05) is 4.57 Å². The molecule has 1 aliphatic carbocycles. The molecule has 2 aromatic heterocycles. The van der Waals surface area contributed by atoms with Crippen LogP contribution in [-0.4, -0.2) is 44.9 Å². The number of rotatable bonds is 10. The summed E-state index contributed by atoms with van der Waals surface area (Å²) in [5.41, 5.74) is 5.98. The molecule has 2 amide bonds. The molecule has 0 atom stereocenters. The number of amides is 2. The van der Waals surface area contributed by atoms with Crippen LogP contribution in [0.5, 0.6) is 0 Å². The maximum atomic E-state index is 12.7. The number of aromatic nitrogens is 3. The van der Waals surface area contributed by atoms with Gasteiger partial charge in [0.2, 0.25) is 5.91 Å². The van der Waals surface area contributed by atoms with Gasteiger partial charge in [-0.25, -0.2) is 4.79 Å². The summed E-state index contributed by atoms with van der Waals surface area (Å²) in [4.78, 5) is 37.1. The third kappa shape index (κ3) is 5.83. The first-order valence-electron chi connectivity index (χ1n) is 10.9. The summed E-state index contributed by atoms with van der Waals surface area (Å²) in [6, 6.07) is 0. The van der Waals surface area contributed by atoms with Crippen molar-refractivity contribution in [2.75, 3.05) is 17.7 Å². The Morgan fingerprint density at radius 3 is 2.67 bits per heavy atom. The number of anilines is 1. The van der Waals surface area contributed by atoms with E-state index in [-0.39, 0.29) is 33.7 Å². The largest absolute Gasteiger partial charge is 0.462 e. The summed E-state index contributed by atoms with van der Waals surface area (Å²) < 4.78 is 7.10. The lowest BCUT2D eigenvalue weighted by Crippen LogP contribution is -2.17. The summed E-state index contributed by atoms with van der Waals surface area (Å²) in [7, 11) is 0. The van der Waals surface area contributed by atoms with Crippen LogP contribution in [0.25, 0.3) is 0 Å². The minimum atomic E-state index is -0.661. The van der Waals surface area contributed by atoms with Crippen LogP contribution in [-0.2, 0) is 16.1 Å². The molecule has 0 saturated heterocycles. The van der Waals surface area contributed by atoms with E-state index in [0.717, 1.165) is 30.0 Å². The number of carbonyl (C=O) groups is 3. The summed E-state index contributed by atoms with van der Waals surface area (Å²) >= 11 is 2.24. The van der Waals surface area contributed by atoms with Crippen molar-refractivity contribution >= 4 is 45.9 Å². The molecule has 0 radical (unpaired) electrons. The number of nitrogens with one attached hydrogen (secondary N) is 1. The molecule has 33 heavy (non-hydrogen) atoms. The minimum absolute atomic E-state index is 0.0606. The van der Waals surface area contributed by atoms with Gasteiger partial charge in [0.05, 0.1) is 22.8 Å². The van der Waals surface area contributed by atoms with Gasteiger partial charge in [0.1, 0.15) is 10.8 Å². The summed E-state index contributed by atoms with van der Waals surface area (Å²) in [5, 5.41) is 12.4. The Morgan fingerprint density at radius 2 is 2.03 bits per heavy atom. The minimum Gasteiger partial charge on any atom is -0.462 e. The maximum absolute atomic E-state index is 12.7. The van der Waals surface area contributed by atoms with Crippen molar-refractivity contribution in [3.8, 4) is 0 Å². The molecule has 0 unspecified atom stereocenters. The van der Waals surface area contributed by atoms with Gasteiger partial charge < -0.3 is 20.4 Å². The second kappa shape index (κ2) is 11.5. The Kier molecular flexibility index (Phi) is 8.67. The Morgan fingerprint density at radius 1 is 1.30 bits per heavy atom. The van der Waals surface area contributed by atoms with Crippen LogP contribution in [0.3, 0.4) is 0 Å². The SMILES string of the molecule is C=CCn1c(SCC(=O)Nc2sc(C(N)=O)c(C)c2C(=O)OCC)nnc1C1CCCCC1. The standard InChI is InChI=1S/C22H29N5O4S2/c1-4-11-27-19(14-9-7-6-8-10-14)25-26-22(27)32-12-15(28)24-20-16(21(30)31-5-2)13(3)17(33-20)18(23)29/h4,14H,1,5-12H2,2-3H3,(H2,23,29)(H,24,28). The molecule has 0 spiro atoms. The van der Waals surface area contributed by atoms with E-state index >= 15 is 0 Å². The number of nitrogens with two attached hydrogens (primary N) is 1. The lowest BCUT2D eigenvalue weighted by atomic mass is 9.89. The van der Waals surface area contributed by atoms with E-state index in [9.17, 15) is 14.4 Å². The molecular formula is C22H29N5O4S2. The number of esters is 1. The molecule has 3 N–H and O–H groups in total. The van der Waals surface area contributed by atoms with Crippen molar-refractivity contribution in [1.82, 2.24) is 14.8 Å². The predicted octanol–water partition coefficient (Wildman–Crippen LogP) is 3.89. The summed E-state index contributed by atoms with van der Waals surface area (Å²) in [5.74, 6) is -0.222. The average molecular weight is 492 g/mol. The van der Waals surface area contributed by atoms with Crippen LogP contribution < -0.4 is 11.1 Å². The van der Waals surface area contributed by atoms with Gasteiger partial charge in [-0.15, -0.1) is 28.1 Å². The quantitative estimate of drug-likeness (QED) is 0.293. The zero-order valence-electron chi connectivity index (χ0n) is 18.9. The van der Waals surface area contributed by atoms with E-state index in [0.29, 0.717) is 23.2 Å². The van der Waals surface area contributed by atoms with E-state index in [1.165, 1.54) is 31.0 Å². The number of hydrogen-bond donors (Lipinski definition) is 2. The van der Waals surface area contributed by atoms with Crippen molar-refractivity contribution in [2.24, 2.45) is 5.73 Å². The topological polar surface area (TPSA) is 129 Å². The first-order chi connectivity index (χ1) is 15.9. The highest BCUT2D eigenvalue weighted by Gasteiger charge is 2.26. The smallest absolute Gasteiger partial charge is 0.341 e. The molecular weight excluding hydrogens is 462 g/mol. The lowest BCUT2D eigenvalue weighted by Gasteiger charge is -2.21. The Labute approximate surface area is 201 Å². The van der Waals surface area contributed by atoms with Crippen molar-refractivity contribution in [3.63, 3.8) is 0 Å². The molecule has 0 aliphatic heterocycles. The lowest BCUT2D eigenvalue weighted by molar-refractivity contribution is -0.113. The predicted molar refractivity (Wildman–Crippen MR) is 129 cm³/mol. The van der Waals surface area contributed by atoms with Crippen LogP contribution in [0, 0.1) is 6.92 Å². The molecule has 1 fully saturated rings. The van der Waals surface area contributed by atoms with Crippen molar-refractivity contribution in [1.29, 1.82) is 0 Å². The molecule has 0 bridgehead atoms. The fraction of sp³-hybridized carbons (Fsp3) is 0.500. The van der Waals surface area contributed by atoms with Crippen LogP contribution in [0.1, 0.15) is 76.4 Å². The van der Waals surface area contributed by atoms with Crippen molar-refractivity contribution in [3.05, 3.63) is 34.5 Å². The van der Waals surface area contributed by atoms with Crippen molar-refractivity contribution < 1.29 is 19.1 Å². The average Bonchev–Trinajstić information content (AvgIpc) is 3.34. The van der Waals surface area contributed by atoms with Crippen LogP contribution >= 0.6 is 23.1 Å². The number of thioether (sulfide) groups is 1. The second-order valence-electron chi connectivity index (χ2n) is 7.76. The van der Waals surface area contributed by atoms with Gasteiger partial charge >= 0.3 is 5.97 Å². The fourth-order valence-corrected chi connectivity index (χ4v) is 5.77. The molecule has 11 heteroatoms. The van der Waals surface area contributed by atoms with Gasteiger partial charge in [-0.3, -0.25) is 9.59 Å². The van der Waals surface area contributed by atoms with E-state index in [1.54, 1.807) is 19.9 Å². The van der Waals surface area contributed by atoms with Crippen LogP contribution in [0.15, 0.2) is 17.8 Å². The molecule has 2 heterocycles. The Balaban J connectivity index is 1.74. The van der Waals surface area contributed by atoms with Gasteiger partial charge in [-0.05, 0) is 32.3 Å². The molecule has 2 aromatic rings. The van der Waals surface area contributed by atoms with Gasteiger partial charge in [-0.2, -0.15) is 0 Å². The van der Waals surface area contributed by atoms with E-state index < -0.39 is 11.9 Å². The maximum Gasteiger partial charge on any atom is 0.341 e. The Bertz CT molecular complexity index is 1040. The van der Waals surface area contributed by atoms with Gasteiger partial charge in [0.25, 0.3) is 5.91 Å². The summed E-state index contributed by atoms with van der Waals surface area (Å²) in [6.45, 7) is 7.87. The number of carbonyl (C=O) groups excluding carboxylic acids is 3. The Hall–Kier alpha value is -2.66. The first-order valence-corrected chi connectivity index (χ1v) is 12.7. The third-order valence-electron chi connectivity index (χ3n) is 5.46. The summed E-state index contributed by atoms with van der Waals surface area (Å²) in [6.07, 6.45) is 7.61. The molecule has 3 rings (SSSR count). The number of allylic oxidation sites excluding steroid dienone is 1. The van der Waals surface area contributed by atoms with E-state index in [2.05, 4.69) is 22.1 Å². The highest BCUT2D eigenvalue weighted by molar-refractivity contribution is 7.99. The molecule has 9 nitrogen and oxygen atoms in total. The number of nitrogens with zero attached hydrogens (tertiary/aromatic N) is 3. The zero-order chi connectivity index (χ0) is 24.0. The van der Waals surface area contributed by atoms with E-state index in [4.69, 9.17) is 10.5 Å². The van der Waals surface area contributed by atoms with Gasteiger partial charge in [0, 0.05) is 12.5 Å². The number of ether oxygens (including phenoxy) is 1. The van der Waals surface area contributed by atoms with Crippen LogP contribution in [0.2, 0.25) is 0 Å². The highest BCUT2D eigenvalue weighted by atomic mass is 32.2. The van der Waals surface area contributed by atoms with Gasteiger partial charge in [-0.1, -0.05) is 37.1 Å². The number of primary amides is 1. The normalized spacial score (nSPS) is 14.1. The van der Waals surface area contributed by atoms with Gasteiger partial charge in [0.15, 0.2) is 5.16 Å². The number of thiophene rings is 1. The second-order valence-corrected chi connectivity index (χ2v) is 9.72.